The zero-order chi connectivity index (χ0) is 31.7. The molecule has 8 heteroatoms. The number of fused-ring (bicyclic) bond motifs is 1. The highest BCUT2D eigenvalue weighted by Crippen LogP contribution is 2.48. The van der Waals surface area contributed by atoms with Crippen LogP contribution in [0, 0.1) is 5.82 Å². The molecule has 0 atom stereocenters. The van der Waals surface area contributed by atoms with Gasteiger partial charge in [-0.1, -0.05) is 31.5 Å². The van der Waals surface area contributed by atoms with E-state index < -0.39 is 5.97 Å². The van der Waals surface area contributed by atoms with Gasteiger partial charge in [0, 0.05) is 44.2 Å². The number of likely N-dealkylation sites (tertiary alicyclic amines) is 1. The van der Waals surface area contributed by atoms with E-state index in [-0.39, 0.29) is 23.9 Å². The van der Waals surface area contributed by atoms with Gasteiger partial charge in [-0.05, 0) is 92.8 Å². The number of nitrogens with zero attached hydrogens (tertiary/aromatic N) is 3. The number of piperidine rings is 1. The van der Waals surface area contributed by atoms with Crippen LogP contribution in [0.2, 0.25) is 0 Å². The van der Waals surface area contributed by atoms with Gasteiger partial charge in [-0.2, -0.15) is 0 Å². The summed E-state index contributed by atoms with van der Waals surface area (Å²) in [6.45, 7) is 9.38. The van der Waals surface area contributed by atoms with E-state index in [1.807, 2.05) is 30.9 Å². The lowest BCUT2D eigenvalue weighted by Gasteiger charge is -2.40. The smallest absolute Gasteiger partial charge is 0.339 e. The van der Waals surface area contributed by atoms with Gasteiger partial charge < -0.3 is 14.4 Å². The number of amides is 1. The van der Waals surface area contributed by atoms with E-state index in [1.165, 1.54) is 30.4 Å². The van der Waals surface area contributed by atoms with Crippen molar-refractivity contribution in [1.82, 2.24) is 14.8 Å². The molecule has 0 bridgehead atoms. The van der Waals surface area contributed by atoms with Crippen LogP contribution in [0.15, 0.2) is 42.5 Å². The van der Waals surface area contributed by atoms with Crippen LogP contribution in [0.4, 0.5) is 4.39 Å². The molecule has 0 unspecified atom stereocenters. The molecule has 1 saturated carbocycles. The molecular formula is C37H44FN3O4. The van der Waals surface area contributed by atoms with E-state index in [9.17, 15) is 14.0 Å². The fourth-order valence-electron chi connectivity index (χ4n) is 6.94. The molecule has 3 aromatic rings. The Morgan fingerprint density at radius 3 is 2.42 bits per heavy atom. The lowest BCUT2D eigenvalue weighted by molar-refractivity contribution is 0.0543. The zero-order valence-corrected chi connectivity index (χ0v) is 26.9. The quantitative estimate of drug-likeness (QED) is 0.231. The fraction of sp³-hybridized carbons (Fsp3) is 0.486. The second-order valence-electron chi connectivity index (χ2n) is 13.0. The van der Waals surface area contributed by atoms with Crippen LogP contribution in [-0.4, -0.2) is 65.6 Å². The van der Waals surface area contributed by atoms with Crippen molar-refractivity contribution in [1.29, 1.82) is 0 Å². The topological polar surface area (TPSA) is 72.0 Å². The van der Waals surface area contributed by atoms with Crippen molar-refractivity contribution in [3.05, 3.63) is 81.9 Å². The van der Waals surface area contributed by atoms with Crippen LogP contribution in [0.5, 0.6) is 5.75 Å². The molecule has 1 aliphatic carbocycles. The van der Waals surface area contributed by atoms with Crippen LogP contribution >= 0.6 is 0 Å². The highest BCUT2D eigenvalue weighted by atomic mass is 19.1. The molecule has 238 valence electrons. The molecule has 7 nitrogen and oxygen atoms in total. The molecule has 0 N–H and O–H groups in total. The Balaban J connectivity index is 1.17. The minimum absolute atomic E-state index is 0.0200. The van der Waals surface area contributed by atoms with Crippen LogP contribution in [0.3, 0.4) is 0 Å². The molecular weight excluding hydrogens is 569 g/mol. The first-order valence-electron chi connectivity index (χ1n) is 16.5. The van der Waals surface area contributed by atoms with Gasteiger partial charge in [0.05, 0.1) is 35.7 Å². The summed E-state index contributed by atoms with van der Waals surface area (Å²) in [5, 5.41) is 0. The zero-order valence-electron chi connectivity index (χ0n) is 26.9. The highest BCUT2D eigenvalue weighted by Gasteiger charge is 2.35. The first-order chi connectivity index (χ1) is 21.7. The Morgan fingerprint density at radius 2 is 1.78 bits per heavy atom. The Kier molecular flexibility index (Phi) is 9.22. The lowest BCUT2D eigenvalue weighted by atomic mass is 9.92. The van der Waals surface area contributed by atoms with Crippen LogP contribution < -0.4 is 4.74 Å². The fourth-order valence-corrected chi connectivity index (χ4v) is 6.94. The van der Waals surface area contributed by atoms with Crippen molar-refractivity contribution in [3.63, 3.8) is 0 Å². The van der Waals surface area contributed by atoms with Crippen molar-refractivity contribution in [2.45, 2.75) is 90.3 Å². The van der Waals surface area contributed by atoms with Gasteiger partial charge in [0.25, 0.3) is 5.91 Å². The maximum Gasteiger partial charge on any atom is 0.339 e. The van der Waals surface area contributed by atoms with Gasteiger partial charge in [-0.15, -0.1) is 0 Å². The van der Waals surface area contributed by atoms with E-state index in [2.05, 4.69) is 24.0 Å². The monoisotopic (exact) mass is 613 g/mol. The van der Waals surface area contributed by atoms with Crippen molar-refractivity contribution in [2.75, 3.05) is 26.7 Å². The number of aromatic nitrogens is 1. The largest absolute Gasteiger partial charge is 0.490 e. The van der Waals surface area contributed by atoms with Crippen molar-refractivity contribution in [2.24, 2.45) is 0 Å². The van der Waals surface area contributed by atoms with Gasteiger partial charge in [0.1, 0.15) is 11.6 Å². The summed E-state index contributed by atoms with van der Waals surface area (Å²) >= 11 is 0. The molecule has 0 spiro atoms. The van der Waals surface area contributed by atoms with E-state index >= 15 is 0 Å². The average molecular weight is 614 g/mol. The number of halogens is 1. The SMILES string of the molecule is CCCc1nc2c(cc1C(=O)OC)C(=O)N(C1CCN(Cc3cc(OC(C)C)c(-c4ccc(F)cc4)c(C4CC4)c3)CC1)CC2. The molecule has 2 aromatic carbocycles. The Labute approximate surface area is 265 Å². The van der Waals surface area contributed by atoms with E-state index in [0.29, 0.717) is 36.4 Å². The predicted octanol–water partition coefficient (Wildman–Crippen LogP) is 6.95. The van der Waals surface area contributed by atoms with E-state index in [4.69, 9.17) is 14.5 Å². The van der Waals surface area contributed by atoms with Gasteiger partial charge >= 0.3 is 5.97 Å². The maximum atomic E-state index is 13.8. The summed E-state index contributed by atoms with van der Waals surface area (Å²) in [5.41, 5.74) is 7.05. The number of methoxy groups -OCH3 is 1. The molecule has 1 amide bonds. The Morgan fingerprint density at radius 1 is 1.04 bits per heavy atom. The third-order valence-corrected chi connectivity index (χ3v) is 9.26. The second kappa shape index (κ2) is 13.3. The number of carbonyl (C=O) groups is 2. The minimum atomic E-state index is -0.440. The molecule has 1 aromatic heterocycles. The minimum Gasteiger partial charge on any atom is -0.490 e. The number of aryl methyl sites for hydroxylation is 1. The van der Waals surface area contributed by atoms with E-state index in [1.54, 1.807) is 6.07 Å². The summed E-state index contributed by atoms with van der Waals surface area (Å²) in [4.78, 5) is 35.4. The predicted molar refractivity (Wildman–Crippen MR) is 172 cm³/mol. The highest BCUT2D eigenvalue weighted by molar-refractivity contribution is 6.00. The molecule has 0 radical (unpaired) electrons. The summed E-state index contributed by atoms with van der Waals surface area (Å²) in [5.74, 6) is 0.661. The van der Waals surface area contributed by atoms with Gasteiger partial charge in [0.2, 0.25) is 0 Å². The third kappa shape index (κ3) is 6.76. The number of esters is 1. The Hall–Kier alpha value is -3.78. The number of rotatable bonds is 10. The maximum absolute atomic E-state index is 13.8. The molecule has 6 rings (SSSR count). The van der Waals surface area contributed by atoms with E-state index in [0.717, 1.165) is 80.0 Å². The lowest BCUT2D eigenvalue weighted by Crippen LogP contribution is -2.50. The summed E-state index contributed by atoms with van der Waals surface area (Å²) in [6, 6.07) is 13.1. The molecule has 1 saturated heterocycles. The standard InChI is InChI=1S/C37H44FN3O4/c1-5-6-32-31(37(43)44-4)21-30-33(39-32)15-18-41(36(30)42)28-13-16-40(17-14-28)22-24-19-29(25-7-8-25)35(34(20-24)45-23(2)3)26-9-11-27(38)12-10-26/h9-12,19-21,23,25,28H,5-8,13-18,22H2,1-4H3. The number of hydrogen-bond acceptors (Lipinski definition) is 6. The van der Waals surface area contributed by atoms with Crippen LogP contribution in [-0.2, 0) is 24.1 Å². The van der Waals surface area contributed by atoms with Crippen LogP contribution in [0.25, 0.3) is 11.1 Å². The number of hydrogen-bond donors (Lipinski definition) is 0. The Bertz CT molecular complexity index is 1560. The van der Waals surface area contributed by atoms with Crippen LogP contribution in [0.1, 0.15) is 102 Å². The second-order valence-corrected chi connectivity index (χ2v) is 13.0. The summed E-state index contributed by atoms with van der Waals surface area (Å²) in [7, 11) is 1.37. The molecule has 3 heterocycles. The van der Waals surface area contributed by atoms with Crippen molar-refractivity contribution >= 4 is 11.9 Å². The first-order valence-corrected chi connectivity index (χ1v) is 16.5. The first kappa shape index (κ1) is 31.2. The molecule has 2 fully saturated rings. The normalized spacial score (nSPS) is 17.5. The summed E-state index contributed by atoms with van der Waals surface area (Å²) < 4.78 is 25.1. The van der Waals surface area contributed by atoms with Gasteiger partial charge in [-0.25, -0.2) is 9.18 Å². The van der Waals surface area contributed by atoms with Crippen molar-refractivity contribution < 1.29 is 23.5 Å². The molecule has 2 aliphatic heterocycles. The molecule has 3 aliphatic rings. The number of carbonyl (C=O) groups excluding carboxylic acids is 2. The van der Waals surface area contributed by atoms with Crippen molar-refractivity contribution in [3.8, 4) is 16.9 Å². The average Bonchev–Trinajstić information content (AvgIpc) is 3.87. The summed E-state index contributed by atoms with van der Waals surface area (Å²) in [6.07, 6.45) is 6.36. The number of benzene rings is 2. The number of ether oxygens (including phenoxy) is 2. The molecule has 45 heavy (non-hydrogen) atoms. The third-order valence-electron chi connectivity index (χ3n) is 9.26. The van der Waals surface area contributed by atoms with Gasteiger partial charge in [-0.3, -0.25) is 14.7 Å². The number of pyridine rings is 1. The van der Waals surface area contributed by atoms with Gasteiger partial charge in [0.15, 0.2) is 0 Å².